The van der Waals surface area contributed by atoms with E-state index in [0.29, 0.717) is 11.8 Å². The quantitative estimate of drug-likeness (QED) is 0.726. The van der Waals surface area contributed by atoms with Crippen molar-refractivity contribution in [2.24, 2.45) is 0 Å². The Hall–Kier alpha value is -2.28. The SMILES string of the molecule is C=C(F)/C(=C(F)\C=C(/C)F)C1CC(=O)C(Cl)=CN1c1cc(C)on1. The predicted octanol–water partition coefficient (Wildman–Crippen LogP) is 4.79. The molecular weight excluding hydrogens is 345 g/mol. The van der Waals surface area contributed by atoms with E-state index in [2.05, 4.69) is 11.7 Å². The Labute approximate surface area is 141 Å². The number of nitrogens with zero attached hydrogens (tertiary/aromatic N) is 2. The number of aryl methyl sites for hydroxylation is 1. The molecule has 1 aliphatic heterocycles. The lowest BCUT2D eigenvalue weighted by atomic mass is 9.95. The van der Waals surface area contributed by atoms with Gasteiger partial charge in [-0.1, -0.05) is 23.3 Å². The molecule has 2 heterocycles. The summed E-state index contributed by atoms with van der Waals surface area (Å²) in [6.07, 6.45) is 1.40. The lowest BCUT2D eigenvalue weighted by molar-refractivity contribution is -0.115. The van der Waals surface area contributed by atoms with Gasteiger partial charge in [-0.3, -0.25) is 4.79 Å². The molecule has 0 N–H and O–H groups in total. The van der Waals surface area contributed by atoms with Crippen LogP contribution < -0.4 is 4.90 Å². The Morgan fingerprint density at radius 3 is 2.67 bits per heavy atom. The van der Waals surface area contributed by atoms with Crippen molar-refractivity contribution >= 4 is 23.2 Å². The lowest BCUT2D eigenvalue weighted by Crippen LogP contribution is -2.39. The highest BCUT2D eigenvalue weighted by Gasteiger charge is 2.35. The van der Waals surface area contributed by atoms with Gasteiger partial charge in [-0.2, -0.15) is 0 Å². The van der Waals surface area contributed by atoms with E-state index in [1.807, 2.05) is 0 Å². The van der Waals surface area contributed by atoms with E-state index in [4.69, 9.17) is 16.1 Å². The van der Waals surface area contributed by atoms with Gasteiger partial charge in [0.15, 0.2) is 11.6 Å². The third-order valence-electron chi connectivity index (χ3n) is 3.32. The number of Topliss-reactive ketones (excluding diaryl/α,β-unsaturated/α-hetero) is 1. The highest BCUT2D eigenvalue weighted by molar-refractivity contribution is 6.43. The summed E-state index contributed by atoms with van der Waals surface area (Å²) in [6, 6.07) is 0.383. The van der Waals surface area contributed by atoms with Gasteiger partial charge in [-0.25, -0.2) is 13.2 Å². The maximum Gasteiger partial charge on any atom is 0.178 e. The smallest absolute Gasteiger partial charge is 0.178 e. The second-order valence-corrected chi connectivity index (χ2v) is 5.63. The molecule has 8 heteroatoms. The zero-order chi connectivity index (χ0) is 18.0. The molecule has 2 rings (SSSR count). The number of aromatic nitrogens is 1. The normalized spacial score (nSPS) is 20.0. The highest BCUT2D eigenvalue weighted by atomic mass is 35.5. The van der Waals surface area contributed by atoms with Gasteiger partial charge in [0, 0.05) is 30.3 Å². The molecule has 24 heavy (non-hydrogen) atoms. The second-order valence-electron chi connectivity index (χ2n) is 5.22. The van der Waals surface area contributed by atoms with Crippen molar-refractivity contribution in [1.82, 2.24) is 5.16 Å². The summed E-state index contributed by atoms with van der Waals surface area (Å²) in [5, 5.41) is 3.64. The van der Waals surface area contributed by atoms with E-state index in [9.17, 15) is 18.0 Å². The number of halogens is 4. The molecule has 1 unspecified atom stereocenters. The first-order valence-electron chi connectivity index (χ1n) is 6.91. The van der Waals surface area contributed by atoms with E-state index in [-0.39, 0.29) is 17.3 Å². The van der Waals surface area contributed by atoms with Gasteiger partial charge in [0.2, 0.25) is 0 Å². The minimum absolute atomic E-state index is 0.117. The number of hydrogen-bond donors (Lipinski definition) is 0. The number of anilines is 1. The number of hydrogen-bond acceptors (Lipinski definition) is 4. The molecule has 0 saturated carbocycles. The van der Waals surface area contributed by atoms with Crippen LogP contribution in [-0.2, 0) is 4.79 Å². The summed E-state index contributed by atoms with van der Waals surface area (Å²) in [7, 11) is 0. The van der Waals surface area contributed by atoms with Crippen molar-refractivity contribution in [2.45, 2.75) is 26.3 Å². The third-order valence-corrected chi connectivity index (χ3v) is 3.63. The molecule has 1 aromatic heterocycles. The van der Waals surface area contributed by atoms with Gasteiger partial charge in [-0.15, -0.1) is 0 Å². The van der Waals surface area contributed by atoms with Crippen LogP contribution in [-0.4, -0.2) is 17.0 Å². The summed E-state index contributed by atoms with van der Waals surface area (Å²) < 4.78 is 46.1. The molecule has 0 amide bonds. The molecule has 1 aromatic rings. The van der Waals surface area contributed by atoms with E-state index in [1.54, 1.807) is 6.92 Å². The largest absolute Gasteiger partial charge is 0.360 e. The van der Waals surface area contributed by atoms with Gasteiger partial charge >= 0.3 is 0 Å². The molecule has 0 saturated heterocycles. The van der Waals surface area contributed by atoms with Crippen LogP contribution in [0.3, 0.4) is 0 Å². The van der Waals surface area contributed by atoms with Crippen LogP contribution in [0.5, 0.6) is 0 Å². The number of carbonyl (C=O) groups is 1. The fourth-order valence-electron chi connectivity index (χ4n) is 2.32. The van der Waals surface area contributed by atoms with Crippen LogP contribution >= 0.6 is 11.6 Å². The Kier molecular flexibility index (Phi) is 5.33. The third kappa shape index (κ3) is 3.79. The van der Waals surface area contributed by atoms with E-state index in [1.165, 1.54) is 17.2 Å². The Morgan fingerprint density at radius 1 is 1.50 bits per heavy atom. The molecule has 0 bridgehead atoms. The van der Waals surface area contributed by atoms with Gasteiger partial charge in [0.05, 0.1) is 16.9 Å². The van der Waals surface area contributed by atoms with Crippen LogP contribution in [0.4, 0.5) is 19.0 Å². The van der Waals surface area contributed by atoms with Gasteiger partial charge in [0.1, 0.15) is 17.4 Å². The molecule has 128 valence electrons. The van der Waals surface area contributed by atoms with Gasteiger partial charge in [0.25, 0.3) is 0 Å². The molecule has 0 radical (unpaired) electrons. The van der Waals surface area contributed by atoms with E-state index >= 15 is 0 Å². The van der Waals surface area contributed by atoms with Crippen LogP contribution in [0, 0.1) is 6.92 Å². The molecular formula is C16H14ClF3N2O2. The number of rotatable bonds is 4. The fraction of sp³-hybridized carbons (Fsp3) is 0.250. The predicted molar refractivity (Wildman–Crippen MR) is 84.3 cm³/mol. The second kappa shape index (κ2) is 7.09. The summed E-state index contributed by atoms with van der Waals surface area (Å²) in [4.78, 5) is 13.2. The van der Waals surface area contributed by atoms with Crippen molar-refractivity contribution in [3.8, 4) is 0 Å². The molecule has 0 aliphatic carbocycles. The van der Waals surface area contributed by atoms with Crippen molar-refractivity contribution < 1.29 is 22.5 Å². The monoisotopic (exact) mass is 358 g/mol. The number of carbonyl (C=O) groups excluding carboxylic acids is 1. The molecule has 0 fully saturated rings. The Bertz CT molecular complexity index is 776. The van der Waals surface area contributed by atoms with Crippen molar-refractivity contribution in [3.05, 3.63) is 58.8 Å². The van der Waals surface area contributed by atoms with Crippen LogP contribution in [0.1, 0.15) is 19.1 Å². The minimum Gasteiger partial charge on any atom is -0.360 e. The molecule has 1 atom stereocenters. The average Bonchev–Trinajstić information content (AvgIpc) is 2.87. The fourth-order valence-corrected chi connectivity index (χ4v) is 2.50. The van der Waals surface area contributed by atoms with E-state index in [0.717, 1.165) is 6.92 Å². The first kappa shape index (κ1) is 18.1. The van der Waals surface area contributed by atoms with Crippen LogP contribution in [0.2, 0.25) is 0 Å². The standard InChI is InChI=1S/C16H14ClF3N2O2/c1-8(18)4-12(20)16(10(3)19)13-6-14(23)11(17)7-22(13)15-5-9(2)24-21-15/h4-5,7,13H,3,6H2,1-2H3/b8-4+,16-12-. The Morgan fingerprint density at radius 2 is 2.17 bits per heavy atom. The topological polar surface area (TPSA) is 46.3 Å². The maximum atomic E-state index is 14.3. The van der Waals surface area contributed by atoms with Crippen molar-refractivity contribution in [3.63, 3.8) is 0 Å². The molecule has 0 aromatic carbocycles. The molecule has 4 nitrogen and oxygen atoms in total. The summed E-state index contributed by atoms with van der Waals surface area (Å²) in [5.74, 6) is -3.00. The lowest BCUT2D eigenvalue weighted by Gasteiger charge is -2.32. The van der Waals surface area contributed by atoms with Crippen LogP contribution in [0.15, 0.2) is 57.5 Å². The van der Waals surface area contributed by atoms with Crippen LogP contribution in [0.25, 0.3) is 0 Å². The Balaban J connectivity index is 2.60. The maximum absolute atomic E-state index is 14.3. The number of allylic oxidation sites excluding steroid dienone is 4. The summed E-state index contributed by atoms with van der Waals surface area (Å²) >= 11 is 5.85. The molecule has 1 aliphatic rings. The van der Waals surface area contributed by atoms with Gasteiger partial charge < -0.3 is 9.42 Å². The molecule has 0 spiro atoms. The summed E-state index contributed by atoms with van der Waals surface area (Å²) in [5.41, 5.74) is -0.554. The minimum atomic E-state index is -1.17. The van der Waals surface area contributed by atoms with Crippen molar-refractivity contribution in [2.75, 3.05) is 4.90 Å². The first-order valence-corrected chi connectivity index (χ1v) is 7.29. The highest BCUT2D eigenvalue weighted by Crippen LogP contribution is 2.35. The summed E-state index contributed by atoms with van der Waals surface area (Å²) in [6.45, 7) is 5.73. The number of ketones is 1. The first-order chi connectivity index (χ1) is 11.2. The zero-order valence-corrected chi connectivity index (χ0v) is 13.7. The average molecular weight is 359 g/mol. The van der Waals surface area contributed by atoms with Gasteiger partial charge in [-0.05, 0) is 13.8 Å². The van der Waals surface area contributed by atoms with Crippen molar-refractivity contribution in [1.29, 1.82) is 0 Å². The van der Waals surface area contributed by atoms with E-state index < -0.39 is 34.9 Å². The zero-order valence-electron chi connectivity index (χ0n) is 12.9.